The molecule has 0 aliphatic carbocycles. The summed E-state index contributed by atoms with van der Waals surface area (Å²) >= 11 is 1.56. The van der Waals surface area contributed by atoms with Crippen LogP contribution >= 0.6 is 11.9 Å². The average molecular weight is 241 g/mol. The van der Waals surface area contributed by atoms with E-state index in [1.165, 1.54) is 10.5 Å². The maximum absolute atomic E-state index is 9.34. The molecule has 0 heterocycles. The molecule has 0 aromatic carbocycles. The first kappa shape index (κ1) is 15.5. The Balaban J connectivity index is 3.96. The molecule has 0 saturated carbocycles. The summed E-state index contributed by atoms with van der Waals surface area (Å²) in [6.45, 7) is 10.5. The van der Waals surface area contributed by atoms with E-state index in [0.717, 1.165) is 12.8 Å². The van der Waals surface area contributed by atoms with E-state index in [0.29, 0.717) is 6.54 Å². The van der Waals surface area contributed by atoms with Gasteiger partial charge in [-0.1, -0.05) is 38.7 Å². The van der Waals surface area contributed by atoms with Gasteiger partial charge in [0.1, 0.15) is 0 Å². The van der Waals surface area contributed by atoms with Gasteiger partial charge in [0.25, 0.3) is 0 Å². The molecule has 0 rings (SSSR count). The molecule has 0 amide bonds. The second-order valence-corrected chi connectivity index (χ2v) is 4.73. The van der Waals surface area contributed by atoms with Crippen LogP contribution in [0.3, 0.4) is 0 Å². The van der Waals surface area contributed by atoms with Crippen molar-refractivity contribution in [3.8, 4) is 0 Å². The predicted octanol–water partition coefficient (Wildman–Crippen LogP) is 3.42. The molecule has 0 saturated heterocycles. The fourth-order valence-electron chi connectivity index (χ4n) is 0.985. The van der Waals surface area contributed by atoms with Gasteiger partial charge in [0.05, 0.1) is 6.10 Å². The van der Waals surface area contributed by atoms with Crippen molar-refractivity contribution in [3.63, 3.8) is 0 Å². The van der Waals surface area contributed by atoms with Gasteiger partial charge < -0.3 is 5.11 Å². The quantitative estimate of drug-likeness (QED) is 0.504. The van der Waals surface area contributed by atoms with Crippen LogP contribution in [0.5, 0.6) is 0 Å². The number of hydrogen-bond acceptors (Lipinski definition) is 3. The maximum Gasteiger partial charge on any atom is 0.0671 e. The van der Waals surface area contributed by atoms with E-state index in [4.69, 9.17) is 0 Å². The molecule has 16 heavy (non-hydrogen) atoms. The van der Waals surface area contributed by atoms with Crippen LogP contribution in [0.1, 0.15) is 33.6 Å². The summed E-state index contributed by atoms with van der Waals surface area (Å²) in [5, 5.41) is 9.34. The highest BCUT2D eigenvalue weighted by Crippen LogP contribution is 2.12. The van der Waals surface area contributed by atoms with E-state index >= 15 is 0 Å². The van der Waals surface area contributed by atoms with Gasteiger partial charge in [0.15, 0.2) is 0 Å². The fraction of sp³-hybridized carbons (Fsp3) is 0.538. The lowest BCUT2D eigenvalue weighted by atomic mass is 10.2. The molecule has 0 aliphatic heterocycles. The van der Waals surface area contributed by atoms with Crippen LogP contribution in [0.25, 0.3) is 0 Å². The number of hydrogen-bond donors (Lipinski definition) is 2. The highest BCUT2D eigenvalue weighted by molar-refractivity contribution is 8.01. The summed E-state index contributed by atoms with van der Waals surface area (Å²) in [5.41, 5.74) is 1.23. The third kappa shape index (κ3) is 7.74. The second-order valence-electron chi connectivity index (χ2n) is 3.59. The zero-order valence-electron chi connectivity index (χ0n) is 10.5. The van der Waals surface area contributed by atoms with E-state index in [9.17, 15) is 5.11 Å². The highest BCUT2D eigenvalue weighted by Gasteiger charge is 1.99. The number of nitrogens with one attached hydrogen (secondary N) is 1. The van der Waals surface area contributed by atoms with Gasteiger partial charge in [-0.15, -0.1) is 0 Å². The minimum atomic E-state index is -0.254. The SMILES string of the molecule is C=C/C(=C\C=C(/C)SNCC(O)CC)CC. The summed E-state index contributed by atoms with van der Waals surface area (Å²) in [7, 11) is 0. The van der Waals surface area contributed by atoms with Crippen molar-refractivity contribution in [2.45, 2.75) is 39.7 Å². The van der Waals surface area contributed by atoms with Gasteiger partial charge in [-0.25, -0.2) is 0 Å². The number of aliphatic hydroxyl groups is 1. The molecule has 0 aromatic heterocycles. The molecule has 3 heteroatoms. The molecule has 0 aromatic rings. The largest absolute Gasteiger partial charge is 0.392 e. The van der Waals surface area contributed by atoms with E-state index in [2.05, 4.69) is 30.4 Å². The monoisotopic (exact) mass is 241 g/mol. The van der Waals surface area contributed by atoms with Crippen molar-refractivity contribution in [3.05, 3.63) is 35.3 Å². The lowest BCUT2D eigenvalue weighted by molar-refractivity contribution is 0.175. The van der Waals surface area contributed by atoms with E-state index in [1.807, 2.05) is 19.9 Å². The van der Waals surface area contributed by atoms with Crippen LogP contribution in [0.2, 0.25) is 0 Å². The summed E-state index contributed by atoms with van der Waals surface area (Å²) in [6.07, 6.45) is 7.55. The third-order valence-corrected chi connectivity index (χ3v) is 2.99. The first-order valence-corrected chi connectivity index (χ1v) is 6.53. The zero-order valence-corrected chi connectivity index (χ0v) is 11.3. The molecule has 2 nitrogen and oxygen atoms in total. The summed E-state index contributed by atoms with van der Waals surface area (Å²) in [6, 6.07) is 0. The van der Waals surface area contributed by atoms with Gasteiger partial charge in [-0.2, -0.15) is 0 Å². The zero-order chi connectivity index (χ0) is 12.4. The maximum atomic E-state index is 9.34. The molecule has 0 fully saturated rings. The Labute approximate surface area is 104 Å². The van der Waals surface area contributed by atoms with Gasteiger partial charge in [0, 0.05) is 6.54 Å². The van der Waals surface area contributed by atoms with Crippen LogP contribution < -0.4 is 4.72 Å². The van der Waals surface area contributed by atoms with Crippen LogP contribution in [-0.2, 0) is 0 Å². The Morgan fingerprint density at radius 1 is 1.44 bits per heavy atom. The molecule has 0 radical (unpaired) electrons. The van der Waals surface area contributed by atoms with Crippen molar-refractivity contribution >= 4 is 11.9 Å². The van der Waals surface area contributed by atoms with Crippen molar-refractivity contribution in [2.75, 3.05) is 6.54 Å². The second kappa shape index (κ2) is 9.70. The molecule has 0 spiro atoms. The summed E-state index contributed by atoms with van der Waals surface area (Å²) in [5.74, 6) is 0. The first-order chi connectivity index (χ1) is 7.63. The number of allylic oxidation sites excluding steroid dienone is 5. The minimum absolute atomic E-state index is 0.254. The average Bonchev–Trinajstić information content (AvgIpc) is 2.30. The molecule has 0 bridgehead atoms. The highest BCUT2D eigenvalue weighted by atomic mass is 32.2. The van der Waals surface area contributed by atoms with Crippen molar-refractivity contribution < 1.29 is 5.11 Å². The van der Waals surface area contributed by atoms with Crippen LogP contribution in [0.4, 0.5) is 0 Å². The molecular weight excluding hydrogens is 218 g/mol. The van der Waals surface area contributed by atoms with Crippen molar-refractivity contribution in [2.24, 2.45) is 0 Å². The molecule has 92 valence electrons. The molecule has 1 atom stereocenters. The van der Waals surface area contributed by atoms with Crippen LogP contribution in [0, 0.1) is 0 Å². The lowest BCUT2D eigenvalue weighted by Gasteiger charge is -2.08. The standard InChI is InChI=1S/C13H23NOS/c1-5-12(6-2)9-8-11(4)16-14-10-13(15)7-3/h5,8-9,13-15H,1,6-7,10H2,2-4H3/b11-8+,12-9+. The Kier molecular flexibility index (Phi) is 9.39. The van der Waals surface area contributed by atoms with E-state index in [-0.39, 0.29) is 6.10 Å². The summed E-state index contributed by atoms with van der Waals surface area (Å²) < 4.78 is 3.14. The summed E-state index contributed by atoms with van der Waals surface area (Å²) in [4.78, 5) is 1.18. The molecule has 1 unspecified atom stereocenters. The van der Waals surface area contributed by atoms with Gasteiger partial charge in [-0.3, -0.25) is 4.72 Å². The normalized spacial score (nSPS) is 15.0. The Morgan fingerprint density at radius 3 is 2.62 bits per heavy atom. The van der Waals surface area contributed by atoms with Gasteiger partial charge in [-0.05, 0) is 42.2 Å². The first-order valence-electron chi connectivity index (χ1n) is 5.71. The van der Waals surface area contributed by atoms with Crippen molar-refractivity contribution in [1.82, 2.24) is 4.72 Å². The van der Waals surface area contributed by atoms with E-state index < -0.39 is 0 Å². The molecule has 2 N–H and O–H groups in total. The van der Waals surface area contributed by atoms with Crippen LogP contribution in [0.15, 0.2) is 35.3 Å². The predicted molar refractivity (Wildman–Crippen MR) is 74.2 cm³/mol. The number of aliphatic hydroxyl groups excluding tert-OH is 1. The van der Waals surface area contributed by atoms with Crippen LogP contribution in [-0.4, -0.2) is 17.8 Å². The van der Waals surface area contributed by atoms with E-state index in [1.54, 1.807) is 11.9 Å². The van der Waals surface area contributed by atoms with Crippen molar-refractivity contribution in [1.29, 1.82) is 0 Å². The minimum Gasteiger partial charge on any atom is -0.392 e. The number of rotatable bonds is 8. The van der Waals surface area contributed by atoms with Gasteiger partial charge >= 0.3 is 0 Å². The molecule has 0 aliphatic rings. The van der Waals surface area contributed by atoms with Gasteiger partial charge in [0.2, 0.25) is 0 Å². The Bertz CT molecular complexity index is 259. The topological polar surface area (TPSA) is 32.3 Å². The fourth-order valence-corrected chi connectivity index (χ4v) is 1.62. The lowest BCUT2D eigenvalue weighted by Crippen LogP contribution is -2.20. The smallest absolute Gasteiger partial charge is 0.0671 e. The Hall–Kier alpha value is -0.510. The Morgan fingerprint density at radius 2 is 2.12 bits per heavy atom. The molecular formula is C13H23NOS. The third-order valence-electron chi connectivity index (χ3n) is 2.23.